The van der Waals surface area contributed by atoms with Gasteiger partial charge in [-0.1, -0.05) is 6.07 Å². The number of aromatic nitrogens is 3. The Balaban J connectivity index is 1.57. The number of carboxylic acids is 1. The quantitative estimate of drug-likeness (QED) is 0.339. The van der Waals surface area contributed by atoms with Gasteiger partial charge in [0.15, 0.2) is 0 Å². The van der Waals surface area contributed by atoms with Gasteiger partial charge in [-0.25, -0.2) is 19.3 Å². The Morgan fingerprint density at radius 1 is 1.17 bits per heavy atom. The van der Waals surface area contributed by atoms with Crippen LogP contribution in [0.25, 0.3) is 10.4 Å². The van der Waals surface area contributed by atoms with Gasteiger partial charge in [-0.05, 0) is 67.9 Å². The number of aliphatic hydroxyl groups is 1. The third-order valence-corrected chi connectivity index (χ3v) is 7.61. The van der Waals surface area contributed by atoms with E-state index in [1.54, 1.807) is 12.1 Å². The van der Waals surface area contributed by atoms with E-state index in [0.717, 1.165) is 29.2 Å². The molecule has 3 N–H and O–H groups in total. The number of hydrogen-bond acceptors (Lipinski definition) is 7. The molecule has 0 unspecified atom stereocenters. The van der Waals surface area contributed by atoms with Crippen LogP contribution in [0.3, 0.4) is 0 Å². The number of aliphatic carboxylic acids is 1. The molecule has 2 aromatic heterocycles. The van der Waals surface area contributed by atoms with Gasteiger partial charge in [0.05, 0.1) is 10.8 Å². The summed E-state index contributed by atoms with van der Waals surface area (Å²) >= 11 is 1.12. The Morgan fingerprint density at radius 2 is 1.89 bits per heavy atom. The molecule has 7 nitrogen and oxygen atoms in total. The highest BCUT2D eigenvalue weighted by Crippen LogP contribution is 2.44. The summed E-state index contributed by atoms with van der Waals surface area (Å²) in [6.07, 6.45) is -0.578. The molecule has 1 aliphatic carbocycles. The van der Waals surface area contributed by atoms with E-state index >= 15 is 0 Å². The number of anilines is 2. The normalized spacial score (nSPS) is 20.1. The summed E-state index contributed by atoms with van der Waals surface area (Å²) in [4.78, 5) is 23.5. The molecule has 36 heavy (non-hydrogen) atoms. The zero-order chi connectivity index (χ0) is 26.1. The number of rotatable bonds is 7. The standard InChI is InChI=1S/C24H24F4N4O3S/c1-13-8-15(10-17(9-13)31-22-29-7-6-19(32-22)24(26,27)28)18-11-30-21(36-18)23(35,12-25)16-4-2-14(3-5-16)20(33)34/h6-11,14,16,35H,2-5,12H2,1H3,(H,33,34)(H,29,31,32)/t14-,16-,23-/m1/s1. The van der Waals surface area contributed by atoms with E-state index in [2.05, 4.69) is 20.3 Å². The van der Waals surface area contributed by atoms with Gasteiger partial charge in [-0.3, -0.25) is 4.79 Å². The first-order valence-corrected chi connectivity index (χ1v) is 12.1. The molecule has 3 aromatic rings. The Bertz CT molecular complexity index is 1240. The predicted molar refractivity (Wildman–Crippen MR) is 126 cm³/mol. The summed E-state index contributed by atoms with van der Waals surface area (Å²) in [6.45, 7) is 0.762. The van der Waals surface area contributed by atoms with Crippen LogP contribution in [-0.2, 0) is 16.6 Å². The van der Waals surface area contributed by atoms with E-state index in [4.69, 9.17) is 0 Å². The minimum Gasteiger partial charge on any atom is -0.481 e. The third kappa shape index (κ3) is 5.49. The molecule has 0 amide bonds. The van der Waals surface area contributed by atoms with Gasteiger partial charge < -0.3 is 15.5 Å². The highest BCUT2D eigenvalue weighted by atomic mass is 32.1. The number of alkyl halides is 4. The molecule has 1 aromatic carbocycles. The average molecular weight is 525 g/mol. The van der Waals surface area contributed by atoms with E-state index in [1.807, 2.05) is 13.0 Å². The lowest BCUT2D eigenvalue weighted by molar-refractivity contribution is -0.144. The van der Waals surface area contributed by atoms with Gasteiger partial charge in [-0.2, -0.15) is 13.2 Å². The van der Waals surface area contributed by atoms with Crippen LogP contribution in [0.15, 0.2) is 36.7 Å². The molecule has 0 saturated heterocycles. The predicted octanol–water partition coefficient (Wildman–Crippen LogP) is 5.72. The van der Waals surface area contributed by atoms with E-state index in [-0.39, 0.29) is 11.0 Å². The first-order valence-electron chi connectivity index (χ1n) is 11.3. The number of aryl methyl sites for hydroxylation is 1. The topological polar surface area (TPSA) is 108 Å². The maximum atomic E-state index is 14.2. The van der Waals surface area contributed by atoms with Crippen LogP contribution in [-0.4, -0.2) is 37.8 Å². The monoisotopic (exact) mass is 524 g/mol. The fourth-order valence-corrected chi connectivity index (χ4v) is 5.52. The maximum Gasteiger partial charge on any atom is 0.433 e. The first kappa shape index (κ1) is 26.0. The second kappa shape index (κ2) is 10.1. The zero-order valence-electron chi connectivity index (χ0n) is 19.2. The lowest BCUT2D eigenvalue weighted by atomic mass is 9.74. The third-order valence-electron chi connectivity index (χ3n) is 6.40. The molecular formula is C24H24F4N4O3S. The summed E-state index contributed by atoms with van der Waals surface area (Å²) in [7, 11) is 0. The molecule has 1 saturated carbocycles. The minimum atomic E-state index is -4.60. The smallest absolute Gasteiger partial charge is 0.433 e. The highest BCUT2D eigenvalue weighted by Gasteiger charge is 2.44. The SMILES string of the molecule is Cc1cc(Nc2nccc(C(F)(F)F)n2)cc(-c2cnc([C@@](O)(CF)[C@H]3CC[C@H](C(=O)O)CC3)s2)c1. The van der Waals surface area contributed by atoms with Gasteiger partial charge in [0, 0.05) is 18.1 Å². The molecule has 0 aliphatic heterocycles. The van der Waals surface area contributed by atoms with Crippen LogP contribution in [0.5, 0.6) is 0 Å². The van der Waals surface area contributed by atoms with Gasteiger partial charge in [0.25, 0.3) is 0 Å². The number of carboxylic acid groups (broad SMARTS) is 1. The second-order valence-electron chi connectivity index (χ2n) is 8.95. The summed E-state index contributed by atoms with van der Waals surface area (Å²) in [5.41, 5.74) is -0.966. The Kier molecular flexibility index (Phi) is 7.28. The van der Waals surface area contributed by atoms with Crippen molar-refractivity contribution >= 4 is 28.9 Å². The fourth-order valence-electron chi connectivity index (χ4n) is 4.47. The summed E-state index contributed by atoms with van der Waals surface area (Å²) in [6, 6.07) is 6.02. The van der Waals surface area contributed by atoms with Crippen molar-refractivity contribution < 1.29 is 32.6 Å². The molecule has 1 atom stereocenters. The van der Waals surface area contributed by atoms with E-state index in [1.165, 1.54) is 6.20 Å². The molecule has 1 aliphatic rings. The molecular weight excluding hydrogens is 500 g/mol. The van der Waals surface area contributed by atoms with Crippen molar-refractivity contribution in [3.8, 4) is 10.4 Å². The highest BCUT2D eigenvalue weighted by molar-refractivity contribution is 7.15. The molecule has 0 spiro atoms. The number of nitrogens with one attached hydrogen (secondary N) is 1. The average Bonchev–Trinajstić information content (AvgIpc) is 3.34. The molecule has 0 radical (unpaired) electrons. The van der Waals surface area contributed by atoms with Crippen molar-refractivity contribution in [3.63, 3.8) is 0 Å². The van der Waals surface area contributed by atoms with Crippen LogP contribution < -0.4 is 5.32 Å². The van der Waals surface area contributed by atoms with Crippen molar-refractivity contribution in [2.45, 2.75) is 44.4 Å². The van der Waals surface area contributed by atoms with Crippen LogP contribution in [0.4, 0.5) is 29.2 Å². The Hall–Kier alpha value is -3.12. The van der Waals surface area contributed by atoms with Crippen molar-refractivity contribution in [1.29, 1.82) is 0 Å². The number of nitrogens with zero attached hydrogens (tertiary/aromatic N) is 3. The molecule has 2 heterocycles. The molecule has 1 fully saturated rings. The zero-order valence-corrected chi connectivity index (χ0v) is 20.0. The van der Waals surface area contributed by atoms with Crippen LogP contribution in [0.2, 0.25) is 0 Å². The van der Waals surface area contributed by atoms with Crippen LogP contribution in [0, 0.1) is 18.8 Å². The summed E-state index contributed by atoms with van der Waals surface area (Å²) in [5, 5.41) is 23.4. The molecule has 0 bridgehead atoms. The van der Waals surface area contributed by atoms with E-state index < -0.39 is 42.0 Å². The minimum absolute atomic E-state index is 0.205. The van der Waals surface area contributed by atoms with E-state index in [9.17, 15) is 32.6 Å². The maximum absolute atomic E-state index is 14.2. The lowest BCUT2D eigenvalue weighted by Gasteiger charge is -2.36. The van der Waals surface area contributed by atoms with Crippen LogP contribution >= 0.6 is 11.3 Å². The number of hydrogen-bond donors (Lipinski definition) is 3. The van der Waals surface area contributed by atoms with Crippen molar-refractivity contribution in [3.05, 3.63) is 52.9 Å². The first-order chi connectivity index (χ1) is 17.0. The number of carbonyl (C=O) groups is 1. The number of benzene rings is 1. The lowest BCUT2D eigenvalue weighted by Crippen LogP contribution is -2.40. The number of halogens is 4. The number of thiazole rings is 1. The van der Waals surface area contributed by atoms with E-state index in [0.29, 0.717) is 41.8 Å². The van der Waals surface area contributed by atoms with Crippen molar-refractivity contribution in [1.82, 2.24) is 15.0 Å². The van der Waals surface area contributed by atoms with Gasteiger partial charge >= 0.3 is 12.1 Å². The summed E-state index contributed by atoms with van der Waals surface area (Å²) < 4.78 is 53.1. The molecule has 4 rings (SSSR count). The molecule has 12 heteroatoms. The van der Waals surface area contributed by atoms with Crippen molar-refractivity contribution in [2.75, 3.05) is 12.0 Å². The molecule has 192 valence electrons. The van der Waals surface area contributed by atoms with Gasteiger partial charge in [0.2, 0.25) is 5.95 Å². The fraction of sp³-hybridized carbons (Fsp3) is 0.417. The Labute approximate surface area is 208 Å². The second-order valence-corrected chi connectivity index (χ2v) is 9.98. The summed E-state index contributed by atoms with van der Waals surface area (Å²) in [5.74, 6) is -2.04. The van der Waals surface area contributed by atoms with Gasteiger partial charge in [0.1, 0.15) is 23.0 Å². The van der Waals surface area contributed by atoms with Crippen LogP contribution in [0.1, 0.15) is 41.9 Å². The van der Waals surface area contributed by atoms with Gasteiger partial charge in [-0.15, -0.1) is 11.3 Å². The Morgan fingerprint density at radius 3 is 2.53 bits per heavy atom. The largest absolute Gasteiger partial charge is 0.481 e. The van der Waals surface area contributed by atoms with Crippen molar-refractivity contribution in [2.24, 2.45) is 11.8 Å².